The van der Waals surface area contributed by atoms with E-state index in [1.807, 2.05) is 18.2 Å². The predicted octanol–water partition coefficient (Wildman–Crippen LogP) is 2.00. The summed E-state index contributed by atoms with van der Waals surface area (Å²) in [4.78, 5) is 25.3. The zero-order valence-corrected chi connectivity index (χ0v) is 11.4. The van der Waals surface area contributed by atoms with Crippen molar-refractivity contribution in [2.45, 2.75) is 17.7 Å². The van der Waals surface area contributed by atoms with Crippen LogP contribution in [-0.2, 0) is 9.59 Å². The maximum Gasteiger partial charge on any atom is 0.303 e. The summed E-state index contributed by atoms with van der Waals surface area (Å²) in [5, 5.41) is 8.64. The number of carbonyl (C=O) groups is 2. The molecule has 0 radical (unpaired) electrons. The highest BCUT2D eigenvalue weighted by Crippen LogP contribution is 2.37. The summed E-state index contributed by atoms with van der Waals surface area (Å²) in [7, 11) is 1.58. The van der Waals surface area contributed by atoms with Crippen molar-refractivity contribution in [3.63, 3.8) is 0 Å². The zero-order chi connectivity index (χ0) is 13.8. The molecule has 19 heavy (non-hydrogen) atoms. The van der Waals surface area contributed by atoms with Crippen molar-refractivity contribution in [1.29, 1.82) is 0 Å². The van der Waals surface area contributed by atoms with Gasteiger partial charge in [-0.25, -0.2) is 0 Å². The highest BCUT2D eigenvalue weighted by molar-refractivity contribution is 7.99. The van der Waals surface area contributed by atoms with Crippen LogP contribution in [0.4, 0.5) is 5.69 Å². The fraction of sp³-hybridized carbons (Fsp3) is 0.385. The summed E-state index contributed by atoms with van der Waals surface area (Å²) in [6.45, 7) is 0.600. The van der Waals surface area contributed by atoms with Crippen LogP contribution in [-0.4, -0.2) is 36.4 Å². The van der Waals surface area contributed by atoms with Gasteiger partial charge < -0.3 is 14.7 Å². The van der Waals surface area contributed by atoms with Crippen LogP contribution in [0, 0.1) is 0 Å². The number of nitrogens with zero attached hydrogens (tertiary/aromatic N) is 1. The zero-order valence-electron chi connectivity index (χ0n) is 10.6. The van der Waals surface area contributed by atoms with Gasteiger partial charge in [-0.05, 0) is 12.1 Å². The fourth-order valence-corrected chi connectivity index (χ4v) is 2.91. The monoisotopic (exact) mass is 281 g/mol. The summed E-state index contributed by atoms with van der Waals surface area (Å²) in [6, 6.07) is 5.60. The van der Waals surface area contributed by atoms with Gasteiger partial charge in [0, 0.05) is 29.7 Å². The Balaban J connectivity index is 2.20. The first-order valence-corrected chi connectivity index (χ1v) is 6.93. The van der Waals surface area contributed by atoms with Crippen LogP contribution in [0.5, 0.6) is 5.75 Å². The Labute approximate surface area is 115 Å². The van der Waals surface area contributed by atoms with Gasteiger partial charge >= 0.3 is 5.97 Å². The lowest BCUT2D eigenvalue weighted by molar-refractivity contribution is -0.138. The number of carboxylic acid groups (broad SMARTS) is 1. The number of rotatable bonds is 4. The third-order valence-electron chi connectivity index (χ3n) is 2.88. The second-order valence-corrected chi connectivity index (χ2v) is 5.26. The Bertz CT molecular complexity index is 503. The number of hydrogen-bond acceptors (Lipinski definition) is 4. The van der Waals surface area contributed by atoms with Crippen LogP contribution in [0.3, 0.4) is 0 Å². The van der Waals surface area contributed by atoms with Gasteiger partial charge in [0.05, 0.1) is 19.2 Å². The number of anilines is 1. The Morgan fingerprint density at radius 2 is 2.21 bits per heavy atom. The first-order valence-electron chi connectivity index (χ1n) is 5.95. The molecular formula is C13H15NO4S. The van der Waals surface area contributed by atoms with E-state index in [1.165, 1.54) is 0 Å². The molecule has 102 valence electrons. The van der Waals surface area contributed by atoms with Crippen molar-refractivity contribution in [3.05, 3.63) is 18.2 Å². The number of amides is 1. The van der Waals surface area contributed by atoms with Crippen molar-refractivity contribution < 1.29 is 19.4 Å². The molecule has 1 aliphatic rings. The van der Waals surface area contributed by atoms with Crippen LogP contribution in [0.1, 0.15) is 12.8 Å². The molecule has 0 saturated heterocycles. The minimum atomic E-state index is -0.953. The summed E-state index contributed by atoms with van der Waals surface area (Å²) >= 11 is 1.69. The molecule has 0 unspecified atom stereocenters. The molecule has 0 bridgehead atoms. The molecule has 1 heterocycles. The number of carbonyl (C=O) groups excluding carboxylic acids is 1. The van der Waals surface area contributed by atoms with Crippen molar-refractivity contribution >= 4 is 29.3 Å². The SMILES string of the molecule is COc1ccc2c(c1)N(C(=O)CCC(=O)O)CCS2. The van der Waals surface area contributed by atoms with Crippen LogP contribution in [0.2, 0.25) is 0 Å². The number of carboxylic acids is 1. The van der Waals surface area contributed by atoms with Gasteiger partial charge in [0.15, 0.2) is 0 Å². The van der Waals surface area contributed by atoms with E-state index in [2.05, 4.69) is 0 Å². The number of ether oxygens (including phenoxy) is 1. The first-order chi connectivity index (χ1) is 9.11. The Morgan fingerprint density at radius 1 is 1.42 bits per heavy atom. The van der Waals surface area contributed by atoms with Crippen LogP contribution in [0.25, 0.3) is 0 Å². The smallest absolute Gasteiger partial charge is 0.303 e. The average Bonchev–Trinajstić information content (AvgIpc) is 2.43. The number of benzene rings is 1. The largest absolute Gasteiger partial charge is 0.497 e. The molecule has 1 aliphatic heterocycles. The molecule has 1 amide bonds. The molecule has 0 atom stereocenters. The Morgan fingerprint density at radius 3 is 2.89 bits per heavy atom. The maximum atomic E-state index is 12.1. The number of methoxy groups -OCH3 is 1. The quantitative estimate of drug-likeness (QED) is 0.914. The van der Waals surface area contributed by atoms with E-state index in [-0.39, 0.29) is 18.7 Å². The Hall–Kier alpha value is -1.69. The molecule has 1 aromatic carbocycles. The van der Waals surface area contributed by atoms with Gasteiger partial charge in [-0.15, -0.1) is 11.8 Å². The summed E-state index contributed by atoms with van der Waals surface area (Å²) < 4.78 is 5.17. The summed E-state index contributed by atoms with van der Waals surface area (Å²) in [6.07, 6.45) is -0.113. The molecule has 0 aromatic heterocycles. The van der Waals surface area contributed by atoms with Crippen molar-refractivity contribution in [3.8, 4) is 5.75 Å². The summed E-state index contributed by atoms with van der Waals surface area (Å²) in [5.41, 5.74) is 0.811. The number of thioether (sulfide) groups is 1. The van der Waals surface area contributed by atoms with Crippen LogP contribution < -0.4 is 9.64 Å². The number of hydrogen-bond donors (Lipinski definition) is 1. The first kappa shape index (κ1) is 13.7. The second kappa shape index (κ2) is 5.97. The van der Waals surface area contributed by atoms with E-state index in [4.69, 9.17) is 9.84 Å². The van der Waals surface area contributed by atoms with Gasteiger partial charge in [-0.1, -0.05) is 0 Å². The molecule has 5 nitrogen and oxygen atoms in total. The van der Waals surface area contributed by atoms with E-state index in [9.17, 15) is 9.59 Å². The normalized spacial score (nSPS) is 13.8. The van der Waals surface area contributed by atoms with Crippen molar-refractivity contribution in [2.75, 3.05) is 24.3 Å². The van der Waals surface area contributed by atoms with Crippen LogP contribution in [0.15, 0.2) is 23.1 Å². The third kappa shape index (κ3) is 3.20. The van der Waals surface area contributed by atoms with E-state index in [0.29, 0.717) is 12.3 Å². The van der Waals surface area contributed by atoms with Crippen LogP contribution >= 0.6 is 11.8 Å². The average molecular weight is 281 g/mol. The molecule has 0 saturated carbocycles. The van der Waals surface area contributed by atoms with E-state index < -0.39 is 5.97 Å². The molecule has 1 N–H and O–H groups in total. The molecule has 1 aromatic rings. The Kier molecular flexibility index (Phi) is 4.31. The lowest BCUT2D eigenvalue weighted by Gasteiger charge is -2.29. The van der Waals surface area contributed by atoms with E-state index >= 15 is 0 Å². The van der Waals surface area contributed by atoms with Crippen molar-refractivity contribution in [1.82, 2.24) is 0 Å². The standard InChI is InChI=1S/C13H15NO4S/c1-18-9-2-3-11-10(8-9)14(6-7-19-11)12(15)4-5-13(16)17/h2-3,8H,4-7H2,1H3,(H,16,17). The third-order valence-corrected chi connectivity index (χ3v) is 3.93. The molecule has 0 fully saturated rings. The maximum absolute atomic E-state index is 12.1. The molecular weight excluding hydrogens is 266 g/mol. The van der Waals surface area contributed by atoms with Gasteiger partial charge in [-0.2, -0.15) is 0 Å². The number of fused-ring (bicyclic) bond motifs is 1. The van der Waals surface area contributed by atoms with Gasteiger partial charge in [-0.3, -0.25) is 9.59 Å². The fourth-order valence-electron chi connectivity index (χ4n) is 1.93. The lowest BCUT2D eigenvalue weighted by Crippen LogP contribution is -2.35. The molecule has 2 rings (SSSR count). The van der Waals surface area contributed by atoms with Gasteiger partial charge in [0.25, 0.3) is 0 Å². The highest BCUT2D eigenvalue weighted by Gasteiger charge is 2.23. The topological polar surface area (TPSA) is 66.8 Å². The number of aliphatic carboxylic acids is 1. The van der Waals surface area contributed by atoms with E-state index in [0.717, 1.165) is 16.3 Å². The molecule has 0 aliphatic carbocycles. The highest BCUT2D eigenvalue weighted by atomic mass is 32.2. The van der Waals surface area contributed by atoms with E-state index in [1.54, 1.807) is 23.8 Å². The summed E-state index contributed by atoms with van der Waals surface area (Å²) in [5.74, 6) is 0.401. The molecule has 6 heteroatoms. The minimum Gasteiger partial charge on any atom is -0.497 e. The molecule has 0 spiro atoms. The van der Waals surface area contributed by atoms with Crippen molar-refractivity contribution in [2.24, 2.45) is 0 Å². The van der Waals surface area contributed by atoms with Gasteiger partial charge in [0.2, 0.25) is 5.91 Å². The predicted molar refractivity (Wildman–Crippen MR) is 72.9 cm³/mol. The second-order valence-electron chi connectivity index (χ2n) is 4.12. The van der Waals surface area contributed by atoms with Gasteiger partial charge in [0.1, 0.15) is 5.75 Å². The lowest BCUT2D eigenvalue weighted by atomic mass is 10.2. The minimum absolute atomic E-state index is 0.0245.